The summed E-state index contributed by atoms with van der Waals surface area (Å²) < 4.78 is 7.21. The first-order valence-corrected chi connectivity index (χ1v) is 9.54. The molecule has 0 radical (unpaired) electrons. The van der Waals surface area contributed by atoms with Crippen LogP contribution in [-0.4, -0.2) is 12.5 Å². The molecule has 132 valence electrons. The van der Waals surface area contributed by atoms with Gasteiger partial charge in [-0.2, -0.15) is 5.26 Å². The molecule has 0 aromatic heterocycles. The van der Waals surface area contributed by atoms with Gasteiger partial charge in [0.1, 0.15) is 24.0 Å². The van der Waals surface area contributed by atoms with Gasteiger partial charge in [0.05, 0.1) is 8.04 Å². The Morgan fingerprint density at radius 3 is 2.65 bits per heavy atom. The number of anilines is 1. The fourth-order valence-corrected chi connectivity index (χ4v) is 3.86. The molecule has 0 fully saturated rings. The normalized spacial score (nSPS) is 10.8. The standard InChI is InChI=1S/C20H16BrIN2O2/c1-3-8-26-19-17(21)10-14(11-18(19)22)9-15(12-23)20(25)24-16-6-4-13(2)5-7-16/h3-7,9-11H,1,8H2,2H3,(H,24,25)/b15-9+. The quantitative estimate of drug-likeness (QED) is 0.237. The van der Waals surface area contributed by atoms with E-state index in [1.165, 1.54) is 0 Å². The molecule has 0 unspecified atom stereocenters. The predicted octanol–water partition coefficient (Wildman–Crippen LogP) is 5.47. The second-order valence-electron chi connectivity index (χ2n) is 5.40. The number of benzene rings is 2. The maximum Gasteiger partial charge on any atom is 0.266 e. The van der Waals surface area contributed by atoms with Gasteiger partial charge >= 0.3 is 0 Å². The molecule has 0 saturated carbocycles. The van der Waals surface area contributed by atoms with Crippen LogP contribution in [0.25, 0.3) is 6.08 Å². The van der Waals surface area contributed by atoms with Gasteiger partial charge in [0.25, 0.3) is 5.91 Å². The molecule has 0 saturated heterocycles. The fraction of sp³-hybridized carbons (Fsp3) is 0.100. The molecule has 0 aliphatic carbocycles. The number of nitrogens with zero attached hydrogens (tertiary/aromatic N) is 1. The lowest BCUT2D eigenvalue weighted by atomic mass is 10.1. The van der Waals surface area contributed by atoms with Crippen molar-refractivity contribution in [2.24, 2.45) is 0 Å². The van der Waals surface area contributed by atoms with Crippen LogP contribution in [0.2, 0.25) is 0 Å². The number of ether oxygens (including phenoxy) is 1. The van der Waals surface area contributed by atoms with Crippen LogP contribution in [0.1, 0.15) is 11.1 Å². The van der Waals surface area contributed by atoms with Gasteiger partial charge in [-0.15, -0.1) is 0 Å². The Morgan fingerprint density at radius 1 is 1.38 bits per heavy atom. The lowest BCUT2D eigenvalue weighted by molar-refractivity contribution is -0.112. The van der Waals surface area contributed by atoms with E-state index < -0.39 is 5.91 Å². The van der Waals surface area contributed by atoms with E-state index in [0.717, 1.165) is 19.2 Å². The van der Waals surface area contributed by atoms with Gasteiger partial charge in [0, 0.05) is 5.69 Å². The Bertz CT molecular complexity index is 876. The molecular weight excluding hydrogens is 507 g/mol. The van der Waals surface area contributed by atoms with Crippen LogP contribution in [0.3, 0.4) is 0 Å². The summed E-state index contributed by atoms with van der Waals surface area (Å²) in [4.78, 5) is 12.4. The number of hydrogen-bond donors (Lipinski definition) is 1. The van der Waals surface area contributed by atoms with E-state index in [9.17, 15) is 10.1 Å². The van der Waals surface area contributed by atoms with Crippen LogP contribution >= 0.6 is 38.5 Å². The number of nitrogens with one attached hydrogen (secondary N) is 1. The molecule has 2 rings (SSSR count). The van der Waals surface area contributed by atoms with Crippen molar-refractivity contribution in [3.63, 3.8) is 0 Å². The molecule has 1 amide bonds. The van der Waals surface area contributed by atoms with Crippen molar-refractivity contribution >= 4 is 56.2 Å². The molecule has 0 heterocycles. The zero-order valence-corrected chi connectivity index (χ0v) is 17.8. The number of carbonyl (C=O) groups is 1. The van der Waals surface area contributed by atoms with E-state index in [4.69, 9.17) is 4.74 Å². The molecule has 0 spiro atoms. The van der Waals surface area contributed by atoms with Gasteiger partial charge < -0.3 is 10.1 Å². The van der Waals surface area contributed by atoms with Gasteiger partial charge in [0.15, 0.2) is 0 Å². The Hall–Kier alpha value is -2.11. The lowest BCUT2D eigenvalue weighted by Gasteiger charge is -2.10. The first kappa shape index (κ1) is 20.2. The highest BCUT2D eigenvalue weighted by Gasteiger charge is 2.12. The average Bonchev–Trinajstić information content (AvgIpc) is 2.61. The number of carbonyl (C=O) groups excluding carboxylic acids is 1. The van der Waals surface area contributed by atoms with E-state index >= 15 is 0 Å². The number of hydrogen-bond acceptors (Lipinski definition) is 3. The van der Waals surface area contributed by atoms with Gasteiger partial charge in [-0.25, -0.2) is 0 Å². The molecule has 1 N–H and O–H groups in total. The Labute approximate surface area is 174 Å². The second-order valence-corrected chi connectivity index (χ2v) is 7.42. The number of amides is 1. The molecule has 0 bridgehead atoms. The molecule has 26 heavy (non-hydrogen) atoms. The fourth-order valence-electron chi connectivity index (χ4n) is 2.09. The Kier molecular flexibility index (Phi) is 7.42. The minimum absolute atomic E-state index is 0.0213. The summed E-state index contributed by atoms with van der Waals surface area (Å²) in [5.41, 5.74) is 2.48. The lowest BCUT2D eigenvalue weighted by Crippen LogP contribution is -2.13. The van der Waals surface area contributed by atoms with Gasteiger partial charge in [-0.1, -0.05) is 30.4 Å². The molecule has 2 aromatic carbocycles. The highest BCUT2D eigenvalue weighted by atomic mass is 127. The first-order chi connectivity index (χ1) is 12.4. The minimum Gasteiger partial charge on any atom is -0.487 e. The molecule has 0 atom stereocenters. The van der Waals surface area contributed by atoms with Crippen molar-refractivity contribution in [1.29, 1.82) is 5.26 Å². The summed E-state index contributed by atoms with van der Waals surface area (Å²) in [5, 5.41) is 12.1. The monoisotopic (exact) mass is 522 g/mol. The van der Waals surface area contributed by atoms with Gasteiger partial charge in [0.2, 0.25) is 0 Å². The zero-order valence-electron chi connectivity index (χ0n) is 14.1. The van der Waals surface area contributed by atoms with Crippen molar-refractivity contribution in [1.82, 2.24) is 0 Å². The SMILES string of the molecule is C=CCOc1c(Br)cc(/C=C(\C#N)C(=O)Nc2ccc(C)cc2)cc1I. The summed E-state index contributed by atoms with van der Waals surface area (Å²) in [6, 6.07) is 13.0. The largest absolute Gasteiger partial charge is 0.487 e. The van der Waals surface area contributed by atoms with E-state index in [-0.39, 0.29) is 5.57 Å². The Balaban J connectivity index is 2.24. The highest BCUT2D eigenvalue weighted by Crippen LogP contribution is 2.32. The predicted molar refractivity (Wildman–Crippen MR) is 116 cm³/mol. The van der Waals surface area contributed by atoms with E-state index in [1.807, 2.05) is 31.2 Å². The maximum absolute atomic E-state index is 12.4. The van der Waals surface area contributed by atoms with E-state index in [2.05, 4.69) is 50.4 Å². The summed E-state index contributed by atoms with van der Waals surface area (Å²) in [5.74, 6) is 0.250. The van der Waals surface area contributed by atoms with Crippen LogP contribution in [0.5, 0.6) is 5.75 Å². The van der Waals surface area contributed by atoms with E-state index in [1.54, 1.807) is 30.4 Å². The first-order valence-electron chi connectivity index (χ1n) is 7.67. The molecule has 6 heteroatoms. The van der Waals surface area contributed by atoms with Crippen LogP contribution < -0.4 is 10.1 Å². The van der Waals surface area contributed by atoms with Crippen molar-refractivity contribution in [2.75, 3.05) is 11.9 Å². The van der Waals surface area contributed by atoms with Crippen LogP contribution in [0, 0.1) is 21.8 Å². The van der Waals surface area contributed by atoms with Crippen molar-refractivity contribution < 1.29 is 9.53 Å². The highest BCUT2D eigenvalue weighted by molar-refractivity contribution is 14.1. The third-order valence-corrected chi connectivity index (χ3v) is 4.74. The Morgan fingerprint density at radius 2 is 2.08 bits per heavy atom. The van der Waals surface area contributed by atoms with Crippen LogP contribution in [-0.2, 0) is 4.79 Å². The van der Waals surface area contributed by atoms with Crippen LogP contribution in [0.15, 0.2) is 59.1 Å². The summed E-state index contributed by atoms with van der Waals surface area (Å²) in [6.07, 6.45) is 3.22. The molecular formula is C20H16BrIN2O2. The number of halogens is 2. The number of nitriles is 1. The van der Waals surface area contributed by atoms with E-state index in [0.29, 0.717) is 18.0 Å². The third-order valence-electron chi connectivity index (χ3n) is 3.35. The smallest absolute Gasteiger partial charge is 0.266 e. The van der Waals surface area contributed by atoms with Crippen molar-refractivity contribution in [3.05, 3.63) is 73.8 Å². The van der Waals surface area contributed by atoms with Gasteiger partial charge in [-0.05, 0) is 81.3 Å². The van der Waals surface area contributed by atoms with Crippen LogP contribution in [0.4, 0.5) is 5.69 Å². The average molecular weight is 523 g/mol. The molecule has 2 aromatic rings. The minimum atomic E-state index is -0.450. The van der Waals surface area contributed by atoms with Crippen molar-refractivity contribution in [3.8, 4) is 11.8 Å². The topological polar surface area (TPSA) is 62.1 Å². The second kappa shape index (κ2) is 9.55. The molecule has 4 nitrogen and oxygen atoms in total. The molecule has 0 aliphatic heterocycles. The summed E-state index contributed by atoms with van der Waals surface area (Å²) >= 11 is 5.61. The zero-order chi connectivity index (χ0) is 19.1. The summed E-state index contributed by atoms with van der Waals surface area (Å²) in [7, 11) is 0. The van der Waals surface area contributed by atoms with Crippen molar-refractivity contribution in [2.45, 2.75) is 6.92 Å². The van der Waals surface area contributed by atoms with Gasteiger partial charge in [-0.3, -0.25) is 4.79 Å². The summed E-state index contributed by atoms with van der Waals surface area (Å²) in [6.45, 7) is 5.99. The number of rotatable bonds is 6. The maximum atomic E-state index is 12.4. The third kappa shape index (κ3) is 5.44. The molecule has 0 aliphatic rings. The number of aryl methyl sites for hydroxylation is 1.